The van der Waals surface area contributed by atoms with Crippen molar-refractivity contribution in [1.82, 2.24) is 0 Å². The van der Waals surface area contributed by atoms with E-state index in [1.54, 1.807) is 19.1 Å². The molecule has 0 spiro atoms. The molecule has 0 radical (unpaired) electrons. The van der Waals surface area contributed by atoms with Gasteiger partial charge in [-0.15, -0.1) is 0 Å². The van der Waals surface area contributed by atoms with Gasteiger partial charge >= 0.3 is 0 Å². The van der Waals surface area contributed by atoms with Crippen molar-refractivity contribution in [1.29, 1.82) is 0 Å². The van der Waals surface area contributed by atoms with E-state index in [9.17, 15) is 19.6 Å². The summed E-state index contributed by atoms with van der Waals surface area (Å²) in [5.41, 5.74) is 0.971. The zero-order valence-electron chi connectivity index (χ0n) is 11.0. The Bertz CT molecular complexity index is 694. The molecule has 1 atom stereocenters. The number of hydrogen-bond donors (Lipinski definition) is 2. The van der Waals surface area contributed by atoms with E-state index in [0.717, 1.165) is 6.07 Å². The first-order valence-corrected chi connectivity index (χ1v) is 6.86. The molecular formula is C14H12BrFN2O3. The fourth-order valence-electron chi connectivity index (χ4n) is 1.95. The van der Waals surface area contributed by atoms with Gasteiger partial charge in [-0.2, -0.15) is 0 Å². The largest absolute Gasteiger partial charge is 0.507 e. The van der Waals surface area contributed by atoms with Crippen LogP contribution in [0.5, 0.6) is 5.75 Å². The third kappa shape index (κ3) is 3.49. The lowest BCUT2D eigenvalue weighted by Crippen LogP contribution is -2.07. The Balaban J connectivity index is 2.25. The highest BCUT2D eigenvalue weighted by Crippen LogP contribution is 2.31. The molecule has 2 N–H and O–H groups in total. The zero-order chi connectivity index (χ0) is 15.6. The number of hydrogen-bond acceptors (Lipinski definition) is 4. The van der Waals surface area contributed by atoms with Crippen molar-refractivity contribution >= 4 is 27.3 Å². The van der Waals surface area contributed by atoms with Crippen LogP contribution >= 0.6 is 15.9 Å². The number of phenolic OH excluding ortho intramolecular Hbond substituents is 1. The van der Waals surface area contributed by atoms with Gasteiger partial charge in [0.05, 0.1) is 15.4 Å². The van der Waals surface area contributed by atoms with E-state index in [0.29, 0.717) is 15.7 Å². The molecule has 0 saturated heterocycles. The van der Waals surface area contributed by atoms with Crippen LogP contribution in [-0.2, 0) is 0 Å². The number of nitro benzene ring substituents is 1. The molecular weight excluding hydrogens is 343 g/mol. The first-order valence-electron chi connectivity index (χ1n) is 6.07. The molecule has 0 saturated carbocycles. The fraction of sp³-hybridized carbons (Fsp3) is 0.143. The van der Waals surface area contributed by atoms with Crippen molar-refractivity contribution in [2.24, 2.45) is 0 Å². The second-order valence-corrected chi connectivity index (χ2v) is 5.35. The normalized spacial score (nSPS) is 12.0. The SMILES string of the molecule is CC(Nc1ccc(Br)c([N+](=O)[O-])c1)c1ccc(F)cc1O. The fourth-order valence-corrected chi connectivity index (χ4v) is 2.34. The maximum absolute atomic E-state index is 13.0. The maximum Gasteiger partial charge on any atom is 0.285 e. The summed E-state index contributed by atoms with van der Waals surface area (Å²) in [5, 5.41) is 23.7. The molecule has 0 bridgehead atoms. The molecule has 0 heterocycles. The van der Waals surface area contributed by atoms with E-state index in [1.165, 1.54) is 18.2 Å². The van der Waals surface area contributed by atoms with Crippen LogP contribution in [-0.4, -0.2) is 10.0 Å². The predicted octanol–water partition coefficient (Wildman–Crippen LogP) is 4.38. The van der Waals surface area contributed by atoms with Crippen LogP contribution in [0.25, 0.3) is 0 Å². The quantitative estimate of drug-likeness (QED) is 0.631. The van der Waals surface area contributed by atoms with E-state index in [2.05, 4.69) is 21.2 Å². The molecule has 1 unspecified atom stereocenters. The summed E-state index contributed by atoms with van der Waals surface area (Å²) in [6.45, 7) is 1.76. The molecule has 0 fully saturated rings. The van der Waals surface area contributed by atoms with E-state index >= 15 is 0 Å². The number of anilines is 1. The minimum absolute atomic E-state index is 0.0597. The van der Waals surface area contributed by atoms with Gasteiger partial charge < -0.3 is 10.4 Å². The van der Waals surface area contributed by atoms with E-state index in [4.69, 9.17) is 0 Å². The van der Waals surface area contributed by atoms with Gasteiger partial charge in [-0.25, -0.2) is 4.39 Å². The number of nitro groups is 1. The van der Waals surface area contributed by atoms with Crippen molar-refractivity contribution in [2.75, 3.05) is 5.32 Å². The number of rotatable bonds is 4. The number of halogens is 2. The summed E-state index contributed by atoms with van der Waals surface area (Å²) in [6, 6.07) is 8.03. The highest BCUT2D eigenvalue weighted by atomic mass is 79.9. The monoisotopic (exact) mass is 354 g/mol. The van der Waals surface area contributed by atoms with Gasteiger partial charge in [0, 0.05) is 23.4 Å². The van der Waals surface area contributed by atoms with Crippen molar-refractivity contribution in [3.05, 3.63) is 62.4 Å². The third-order valence-corrected chi connectivity index (χ3v) is 3.66. The van der Waals surface area contributed by atoms with Crippen molar-refractivity contribution in [3.8, 4) is 5.75 Å². The molecule has 21 heavy (non-hydrogen) atoms. The minimum atomic E-state index is -0.525. The average Bonchev–Trinajstić information content (AvgIpc) is 2.40. The molecule has 7 heteroatoms. The van der Waals surface area contributed by atoms with E-state index < -0.39 is 10.7 Å². The molecule has 2 rings (SSSR count). The smallest absolute Gasteiger partial charge is 0.285 e. The summed E-state index contributed by atoms with van der Waals surface area (Å²) in [7, 11) is 0. The number of aromatic hydroxyl groups is 1. The Morgan fingerprint density at radius 2 is 2.05 bits per heavy atom. The molecule has 110 valence electrons. The van der Waals surface area contributed by atoms with Gasteiger partial charge in [0.2, 0.25) is 0 Å². The molecule has 0 aliphatic rings. The minimum Gasteiger partial charge on any atom is -0.507 e. The zero-order valence-corrected chi connectivity index (χ0v) is 12.6. The van der Waals surface area contributed by atoms with Gasteiger partial charge in [0.15, 0.2) is 0 Å². The maximum atomic E-state index is 13.0. The highest BCUT2D eigenvalue weighted by Gasteiger charge is 2.15. The summed E-state index contributed by atoms with van der Waals surface area (Å²) >= 11 is 3.11. The topological polar surface area (TPSA) is 75.4 Å². The van der Waals surface area contributed by atoms with Crippen molar-refractivity contribution < 1.29 is 14.4 Å². The first-order chi connectivity index (χ1) is 9.88. The molecule has 0 aliphatic carbocycles. The lowest BCUT2D eigenvalue weighted by Gasteiger charge is -2.17. The lowest BCUT2D eigenvalue weighted by atomic mass is 10.1. The Hall–Kier alpha value is -2.15. The Labute approximate surface area is 128 Å². The van der Waals surface area contributed by atoms with Gasteiger partial charge in [-0.05, 0) is 41.1 Å². The van der Waals surface area contributed by atoms with Crippen LogP contribution in [0, 0.1) is 15.9 Å². The first kappa shape index (κ1) is 15.2. The summed E-state index contributed by atoms with van der Waals surface area (Å²) < 4.78 is 13.3. The highest BCUT2D eigenvalue weighted by molar-refractivity contribution is 9.10. The van der Waals surface area contributed by atoms with Gasteiger partial charge in [0.25, 0.3) is 5.69 Å². The lowest BCUT2D eigenvalue weighted by molar-refractivity contribution is -0.385. The number of benzene rings is 2. The third-order valence-electron chi connectivity index (χ3n) is 2.98. The number of nitrogens with one attached hydrogen (secondary N) is 1. The predicted molar refractivity (Wildman–Crippen MR) is 80.9 cm³/mol. The van der Waals surface area contributed by atoms with Gasteiger partial charge in [0.1, 0.15) is 11.6 Å². The Morgan fingerprint density at radius 3 is 2.67 bits per heavy atom. The molecule has 0 aromatic heterocycles. The molecule has 2 aromatic rings. The summed E-state index contributed by atoms with van der Waals surface area (Å²) in [5.74, 6) is -0.690. The average molecular weight is 355 g/mol. The number of nitrogens with zero attached hydrogens (tertiary/aromatic N) is 1. The van der Waals surface area contributed by atoms with Gasteiger partial charge in [-0.3, -0.25) is 10.1 Å². The summed E-state index contributed by atoms with van der Waals surface area (Å²) in [6.07, 6.45) is 0. The van der Waals surface area contributed by atoms with Crippen molar-refractivity contribution in [2.45, 2.75) is 13.0 Å². The van der Waals surface area contributed by atoms with Crippen LogP contribution in [0.4, 0.5) is 15.8 Å². The molecule has 0 amide bonds. The van der Waals surface area contributed by atoms with Crippen LogP contribution in [0.2, 0.25) is 0 Å². The Morgan fingerprint density at radius 1 is 1.33 bits per heavy atom. The van der Waals surface area contributed by atoms with Crippen LogP contribution in [0.15, 0.2) is 40.9 Å². The molecule has 5 nitrogen and oxygen atoms in total. The molecule has 0 aliphatic heterocycles. The second kappa shape index (κ2) is 6.09. The standard InChI is InChI=1S/C14H12BrFN2O3/c1-8(11-4-2-9(16)6-14(11)19)17-10-3-5-12(15)13(7-10)18(20)21/h2-8,17,19H,1H3. The van der Waals surface area contributed by atoms with Crippen molar-refractivity contribution in [3.63, 3.8) is 0 Å². The van der Waals surface area contributed by atoms with Crippen LogP contribution in [0.3, 0.4) is 0 Å². The van der Waals surface area contributed by atoms with Crippen LogP contribution < -0.4 is 5.32 Å². The van der Waals surface area contributed by atoms with Crippen LogP contribution in [0.1, 0.15) is 18.5 Å². The van der Waals surface area contributed by atoms with E-state index in [1.807, 2.05) is 0 Å². The second-order valence-electron chi connectivity index (χ2n) is 4.49. The number of phenols is 1. The van der Waals surface area contributed by atoms with Gasteiger partial charge in [-0.1, -0.05) is 6.07 Å². The Kier molecular flexibility index (Phi) is 4.42. The van der Waals surface area contributed by atoms with E-state index in [-0.39, 0.29) is 17.5 Å². The molecule has 2 aromatic carbocycles. The summed E-state index contributed by atoms with van der Waals surface area (Å²) in [4.78, 5) is 10.4.